The second-order valence-electron chi connectivity index (χ2n) is 5.17. The Morgan fingerprint density at radius 2 is 1.85 bits per heavy atom. The molecule has 0 bridgehead atoms. The zero-order valence-electron chi connectivity index (χ0n) is 11.9. The Bertz CT molecular complexity index is 739. The summed E-state index contributed by atoms with van der Waals surface area (Å²) in [6.45, 7) is 4.24. The summed E-state index contributed by atoms with van der Waals surface area (Å²) in [5.74, 6) is 0.954. The number of aryl methyl sites for hydroxylation is 2. The highest BCUT2D eigenvalue weighted by Gasteiger charge is 2.11. The summed E-state index contributed by atoms with van der Waals surface area (Å²) >= 11 is 0. The summed E-state index contributed by atoms with van der Waals surface area (Å²) in [4.78, 5) is 4.67. The van der Waals surface area contributed by atoms with E-state index in [1.165, 1.54) is 16.7 Å². The van der Waals surface area contributed by atoms with Crippen molar-refractivity contribution in [2.75, 3.05) is 0 Å². The molecular weight excluding hydrogens is 244 g/mol. The maximum atomic E-state index is 6.20. The maximum absolute atomic E-state index is 6.20. The number of hydrogen-bond donors (Lipinski definition) is 0. The minimum absolute atomic E-state index is 0.908. The van der Waals surface area contributed by atoms with Crippen LogP contribution in [0.2, 0.25) is 0 Å². The molecule has 2 heteroatoms. The number of nitrogens with zero attached hydrogens (tertiary/aromatic N) is 2. The van der Waals surface area contributed by atoms with Crippen molar-refractivity contribution < 1.29 is 0 Å². The number of rotatable bonds is 3. The van der Waals surface area contributed by atoms with Gasteiger partial charge in [-0.15, -0.1) is 0 Å². The van der Waals surface area contributed by atoms with Crippen molar-refractivity contribution in [3.05, 3.63) is 60.9 Å². The highest BCUT2D eigenvalue weighted by molar-refractivity contribution is 5.85. The van der Waals surface area contributed by atoms with Crippen molar-refractivity contribution in [2.45, 2.75) is 26.7 Å². The van der Waals surface area contributed by atoms with Gasteiger partial charge >= 0.3 is 0 Å². The molecule has 3 rings (SSSR count). The number of imidazole rings is 1. The molecule has 0 spiro atoms. The summed E-state index contributed by atoms with van der Waals surface area (Å²) in [5, 5.41) is 0. The largest absolute Gasteiger partial charge is 0.320 e. The molecule has 0 aliphatic heterocycles. The maximum Gasteiger partial charge on any atom is 0.110 e. The highest BCUT2D eigenvalue weighted by atomic mass is 15.1. The quantitative estimate of drug-likeness (QED) is 0.680. The molecule has 0 aliphatic carbocycles. The van der Waals surface area contributed by atoms with Gasteiger partial charge in [0.05, 0.1) is 18.1 Å². The fourth-order valence-corrected chi connectivity index (χ4v) is 2.61. The molecule has 1 aromatic heterocycles. The van der Waals surface area contributed by atoms with Crippen LogP contribution in [0.1, 0.15) is 24.7 Å². The summed E-state index contributed by atoms with van der Waals surface area (Å²) in [5.41, 5.74) is 5.58. The third-order valence-corrected chi connectivity index (χ3v) is 3.64. The molecule has 0 amide bonds. The van der Waals surface area contributed by atoms with Gasteiger partial charge in [-0.25, -0.2) is 4.98 Å². The number of benzene rings is 2. The average molecular weight is 262 g/mol. The van der Waals surface area contributed by atoms with Crippen LogP contribution in [-0.4, -0.2) is 9.55 Å². The number of hydrogen-bond acceptors (Lipinski definition) is 1. The van der Waals surface area contributed by atoms with Crippen LogP contribution in [0.25, 0.3) is 22.2 Å². The molecule has 2 radical (unpaired) electrons. The Labute approximate surface area is 120 Å². The monoisotopic (exact) mass is 262 g/mol. The first-order chi connectivity index (χ1) is 9.70. The van der Waals surface area contributed by atoms with Gasteiger partial charge < -0.3 is 4.57 Å². The molecule has 0 saturated carbocycles. The predicted molar refractivity (Wildman–Crippen MR) is 83.6 cm³/mol. The molecule has 0 N–H and O–H groups in total. The normalized spacial score (nSPS) is 11.2. The van der Waals surface area contributed by atoms with E-state index in [1.807, 2.05) is 6.07 Å². The van der Waals surface area contributed by atoms with E-state index in [0.29, 0.717) is 0 Å². The Hall–Kier alpha value is -2.09. The smallest absolute Gasteiger partial charge is 0.110 e. The first-order valence-electron chi connectivity index (χ1n) is 7.03. The Morgan fingerprint density at radius 3 is 2.55 bits per heavy atom. The van der Waals surface area contributed by atoms with E-state index >= 15 is 0 Å². The van der Waals surface area contributed by atoms with Gasteiger partial charge in [0, 0.05) is 6.42 Å². The topological polar surface area (TPSA) is 17.8 Å². The van der Waals surface area contributed by atoms with Crippen LogP contribution < -0.4 is 0 Å². The van der Waals surface area contributed by atoms with E-state index in [4.69, 9.17) is 7.05 Å². The number of aromatic nitrogens is 2. The van der Waals surface area contributed by atoms with Crippen LogP contribution in [0.15, 0.2) is 42.5 Å². The molecule has 0 fully saturated rings. The first-order valence-corrected chi connectivity index (χ1v) is 7.03. The van der Waals surface area contributed by atoms with Crippen molar-refractivity contribution in [3.63, 3.8) is 0 Å². The van der Waals surface area contributed by atoms with E-state index in [0.717, 1.165) is 29.7 Å². The Morgan fingerprint density at radius 1 is 1.10 bits per heavy atom. The van der Waals surface area contributed by atoms with Gasteiger partial charge in [0.2, 0.25) is 0 Å². The van der Waals surface area contributed by atoms with Crippen LogP contribution in [0, 0.1) is 14.0 Å². The van der Waals surface area contributed by atoms with Gasteiger partial charge in [-0.2, -0.15) is 0 Å². The van der Waals surface area contributed by atoms with Gasteiger partial charge in [0.15, 0.2) is 0 Å². The summed E-state index contributed by atoms with van der Waals surface area (Å²) in [6.07, 6.45) is 1.95. The molecule has 2 nitrogen and oxygen atoms in total. The third-order valence-electron chi connectivity index (χ3n) is 3.64. The van der Waals surface area contributed by atoms with E-state index in [2.05, 4.69) is 55.2 Å². The lowest BCUT2D eigenvalue weighted by Crippen LogP contribution is -1.94. The highest BCUT2D eigenvalue weighted by Crippen LogP contribution is 2.28. The van der Waals surface area contributed by atoms with Gasteiger partial charge in [-0.1, -0.05) is 37.3 Å². The molecule has 2 aromatic carbocycles. The lowest BCUT2D eigenvalue weighted by molar-refractivity contribution is 0.817. The number of fused-ring (bicyclic) bond motifs is 1. The molecule has 0 unspecified atom stereocenters. The van der Waals surface area contributed by atoms with Crippen molar-refractivity contribution in [3.8, 4) is 11.1 Å². The van der Waals surface area contributed by atoms with Crippen molar-refractivity contribution >= 4 is 11.0 Å². The Kier molecular flexibility index (Phi) is 3.31. The van der Waals surface area contributed by atoms with E-state index < -0.39 is 0 Å². The molecule has 1 heterocycles. The van der Waals surface area contributed by atoms with Crippen molar-refractivity contribution in [2.24, 2.45) is 0 Å². The zero-order chi connectivity index (χ0) is 14.1. The average Bonchev–Trinajstić information content (AvgIpc) is 2.78. The van der Waals surface area contributed by atoms with Crippen LogP contribution in [0.3, 0.4) is 0 Å². The molecule has 3 aromatic rings. The van der Waals surface area contributed by atoms with Crippen LogP contribution in [-0.2, 0) is 6.42 Å². The fourth-order valence-electron chi connectivity index (χ4n) is 2.61. The summed E-state index contributed by atoms with van der Waals surface area (Å²) < 4.78 is 1.73. The summed E-state index contributed by atoms with van der Waals surface area (Å²) in [6, 6.07) is 14.7. The van der Waals surface area contributed by atoms with Crippen molar-refractivity contribution in [1.29, 1.82) is 0 Å². The van der Waals surface area contributed by atoms with Gasteiger partial charge in [-0.3, -0.25) is 0 Å². The van der Waals surface area contributed by atoms with E-state index in [9.17, 15) is 0 Å². The van der Waals surface area contributed by atoms with E-state index in [1.54, 1.807) is 4.57 Å². The minimum atomic E-state index is 0.908. The molecule has 0 atom stereocenters. The van der Waals surface area contributed by atoms with E-state index in [-0.39, 0.29) is 0 Å². The third kappa shape index (κ3) is 2.11. The summed E-state index contributed by atoms with van der Waals surface area (Å²) in [7, 11) is 6.20. The molecule has 20 heavy (non-hydrogen) atoms. The lowest BCUT2D eigenvalue weighted by Gasteiger charge is -2.05. The lowest BCUT2D eigenvalue weighted by atomic mass is 10.0. The predicted octanol–water partition coefficient (Wildman–Crippen LogP) is 4.48. The van der Waals surface area contributed by atoms with Crippen molar-refractivity contribution in [1.82, 2.24) is 9.55 Å². The Balaban J connectivity index is 2.21. The van der Waals surface area contributed by atoms with Crippen LogP contribution in [0.4, 0.5) is 0 Å². The SMILES string of the molecule is [CH]n1c(CCC)nc2c(C)cc(-c3ccccc3)cc21. The fraction of sp³-hybridized carbons (Fsp3) is 0.222. The second kappa shape index (κ2) is 5.12. The van der Waals surface area contributed by atoms with Crippen LogP contribution in [0.5, 0.6) is 0 Å². The van der Waals surface area contributed by atoms with Gasteiger partial charge in [-0.05, 0) is 42.2 Å². The van der Waals surface area contributed by atoms with Gasteiger partial charge in [0.25, 0.3) is 0 Å². The molecule has 0 aliphatic rings. The molecular formula is C18H18N2. The first kappa shape index (κ1) is 12.9. The zero-order valence-corrected chi connectivity index (χ0v) is 11.9. The minimum Gasteiger partial charge on any atom is -0.320 e. The standard InChI is InChI=1S/C18H18N2/c1-4-8-17-19-18-13(2)11-15(12-16(18)20(17)3)14-9-6-5-7-10-14/h3,5-7,9-12H,4,8H2,1-2H3. The molecule has 100 valence electrons. The molecule has 0 saturated heterocycles. The second-order valence-corrected chi connectivity index (χ2v) is 5.17. The van der Waals surface area contributed by atoms with Crippen LogP contribution >= 0.6 is 0 Å². The van der Waals surface area contributed by atoms with Gasteiger partial charge in [0.1, 0.15) is 5.82 Å².